The second kappa shape index (κ2) is 7.84. The highest BCUT2D eigenvalue weighted by Gasteiger charge is 2.47. The largest absolute Gasteiger partial charge is 0.465 e. The second-order valence-corrected chi connectivity index (χ2v) is 10.1. The third-order valence-electron chi connectivity index (χ3n) is 4.98. The fourth-order valence-electron chi connectivity index (χ4n) is 3.67. The topological polar surface area (TPSA) is 56.2 Å². The first-order valence-corrected chi connectivity index (χ1v) is 11.1. The Hall–Kier alpha value is -3.16. The molecule has 4 heteroatoms. The SMILES string of the molecule is NC(=O)c1ccoc1C[P+](c1ccccc1)(c1ccccc1)c1ccccc1. The third-order valence-corrected chi connectivity index (χ3v) is 9.28. The molecule has 0 aliphatic heterocycles. The van der Waals surface area contributed by atoms with Gasteiger partial charge in [0.25, 0.3) is 5.91 Å². The molecule has 138 valence electrons. The summed E-state index contributed by atoms with van der Waals surface area (Å²) in [6.07, 6.45) is 2.14. The van der Waals surface area contributed by atoms with Gasteiger partial charge in [-0.1, -0.05) is 54.6 Å². The molecule has 0 unspecified atom stereocenters. The molecule has 28 heavy (non-hydrogen) atoms. The van der Waals surface area contributed by atoms with Crippen LogP contribution in [0.5, 0.6) is 0 Å². The van der Waals surface area contributed by atoms with E-state index in [9.17, 15) is 4.79 Å². The lowest BCUT2D eigenvalue weighted by Gasteiger charge is -2.27. The minimum absolute atomic E-state index is 0.451. The van der Waals surface area contributed by atoms with Gasteiger partial charge in [0.15, 0.2) is 5.76 Å². The summed E-state index contributed by atoms with van der Waals surface area (Å²) in [5, 5.41) is 3.71. The van der Waals surface area contributed by atoms with Crippen LogP contribution in [-0.2, 0) is 6.16 Å². The van der Waals surface area contributed by atoms with Crippen molar-refractivity contribution in [3.05, 3.63) is 115 Å². The molecule has 0 bridgehead atoms. The molecule has 2 N–H and O–H groups in total. The van der Waals surface area contributed by atoms with Crippen LogP contribution in [0, 0.1) is 0 Å². The van der Waals surface area contributed by atoms with Crippen LogP contribution in [0.1, 0.15) is 16.1 Å². The lowest BCUT2D eigenvalue weighted by molar-refractivity contribution is 0.0998. The average Bonchev–Trinajstić information content (AvgIpc) is 3.22. The van der Waals surface area contributed by atoms with Gasteiger partial charge in [0.05, 0.1) is 11.8 Å². The Morgan fingerprint density at radius 2 is 1.14 bits per heavy atom. The third kappa shape index (κ3) is 3.26. The normalized spacial score (nSPS) is 11.3. The van der Waals surface area contributed by atoms with E-state index in [1.54, 1.807) is 12.3 Å². The molecule has 1 amide bonds. The van der Waals surface area contributed by atoms with Crippen LogP contribution in [-0.4, -0.2) is 5.91 Å². The number of carbonyl (C=O) groups is 1. The summed E-state index contributed by atoms with van der Waals surface area (Å²) >= 11 is 0. The number of primary amides is 1. The molecule has 3 aromatic carbocycles. The second-order valence-electron chi connectivity index (χ2n) is 6.60. The van der Waals surface area contributed by atoms with Crippen molar-refractivity contribution in [3.8, 4) is 0 Å². The van der Waals surface area contributed by atoms with Crippen LogP contribution < -0.4 is 21.6 Å². The number of amides is 1. The van der Waals surface area contributed by atoms with Crippen molar-refractivity contribution in [2.75, 3.05) is 0 Å². The maximum absolute atomic E-state index is 12.0. The van der Waals surface area contributed by atoms with Gasteiger partial charge in [0.1, 0.15) is 29.3 Å². The zero-order valence-electron chi connectivity index (χ0n) is 15.4. The number of carbonyl (C=O) groups excluding carboxylic acids is 1. The molecule has 0 aliphatic rings. The Labute approximate surface area is 165 Å². The zero-order chi connectivity index (χ0) is 19.4. The summed E-state index contributed by atoms with van der Waals surface area (Å²) in [5.41, 5.74) is 6.06. The Morgan fingerprint density at radius 1 is 0.714 bits per heavy atom. The van der Waals surface area contributed by atoms with Gasteiger partial charge in [-0.25, -0.2) is 0 Å². The monoisotopic (exact) mass is 386 g/mol. The van der Waals surface area contributed by atoms with E-state index in [1.807, 2.05) is 18.2 Å². The lowest BCUT2D eigenvalue weighted by atomic mass is 10.2. The molecular formula is C24H21NO2P+. The first kappa shape index (κ1) is 18.2. The molecule has 0 fully saturated rings. The molecule has 4 rings (SSSR count). The van der Waals surface area contributed by atoms with Crippen molar-refractivity contribution in [1.82, 2.24) is 0 Å². The summed E-state index contributed by atoms with van der Waals surface area (Å²) in [6, 6.07) is 33.1. The Balaban J connectivity index is 2.01. The summed E-state index contributed by atoms with van der Waals surface area (Å²) in [7, 11) is -2.11. The number of hydrogen-bond acceptors (Lipinski definition) is 2. The first-order valence-electron chi connectivity index (χ1n) is 9.13. The van der Waals surface area contributed by atoms with Gasteiger partial charge in [0.2, 0.25) is 0 Å². The van der Waals surface area contributed by atoms with Gasteiger partial charge in [-0.15, -0.1) is 0 Å². The van der Waals surface area contributed by atoms with E-state index < -0.39 is 13.2 Å². The smallest absolute Gasteiger partial charge is 0.252 e. The highest BCUT2D eigenvalue weighted by molar-refractivity contribution is 7.95. The van der Waals surface area contributed by atoms with Gasteiger partial charge in [-0.2, -0.15) is 0 Å². The molecule has 0 aliphatic carbocycles. The Kier molecular flexibility index (Phi) is 5.10. The maximum Gasteiger partial charge on any atom is 0.252 e. The Morgan fingerprint density at radius 3 is 1.54 bits per heavy atom. The highest BCUT2D eigenvalue weighted by Crippen LogP contribution is 2.58. The van der Waals surface area contributed by atoms with E-state index in [-0.39, 0.29) is 0 Å². The average molecular weight is 386 g/mol. The quantitative estimate of drug-likeness (QED) is 0.512. The van der Waals surface area contributed by atoms with E-state index in [2.05, 4.69) is 72.8 Å². The van der Waals surface area contributed by atoms with Gasteiger partial charge in [-0.05, 0) is 42.5 Å². The minimum atomic E-state index is -2.11. The standard InChI is InChI=1S/C24H20NO2P/c25-24(26)22-16-17-27-23(22)18-28(19-10-4-1-5-11-19,20-12-6-2-7-13-20)21-14-8-3-9-15-21/h1-17H,18H2,(H-,25,26)/p+1. The number of nitrogens with two attached hydrogens (primary N) is 1. The Bertz CT molecular complexity index is 963. The van der Waals surface area contributed by atoms with Gasteiger partial charge >= 0.3 is 0 Å². The lowest BCUT2D eigenvalue weighted by Crippen LogP contribution is -2.32. The number of benzene rings is 3. The van der Waals surface area contributed by atoms with E-state index in [4.69, 9.17) is 10.2 Å². The van der Waals surface area contributed by atoms with E-state index >= 15 is 0 Å². The minimum Gasteiger partial charge on any atom is -0.465 e. The molecule has 3 nitrogen and oxygen atoms in total. The van der Waals surface area contributed by atoms with Crippen LogP contribution in [0.2, 0.25) is 0 Å². The fourth-order valence-corrected chi connectivity index (χ4v) is 7.83. The van der Waals surface area contributed by atoms with Gasteiger partial charge in [0, 0.05) is 0 Å². The first-order chi connectivity index (χ1) is 13.7. The summed E-state index contributed by atoms with van der Waals surface area (Å²) < 4.78 is 5.77. The zero-order valence-corrected chi connectivity index (χ0v) is 16.3. The van der Waals surface area contributed by atoms with E-state index in [1.165, 1.54) is 15.9 Å². The molecule has 0 saturated heterocycles. The molecule has 0 spiro atoms. The van der Waals surface area contributed by atoms with Crippen molar-refractivity contribution in [1.29, 1.82) is 0 Å². The van der Waals surface area contributed by atoms with E-state index in [0.717, 1.165) is 0 Å². The van der Waals surface area contributed by atoms with Gasteiger partial charge < -0.3 is 10.2 Å². The predicted octanol–water partition coefficient (Wildman–Crippen LogP) is 3.87. The van der Waals surface area contributed by atoms with Crippen molar-refractivity contribution < 1.29 is 9.21 Å². The molecular weight excluding hydrogens is 365 g/mol. The predicted molar refractivity (Wildman–Crippen MR) is 116 cm³/mol. The van der Waals surface area contributed by atoms with Crippen LogP contribution in [0.3, 0.4) is 0 Å². The van der Waals surface area contributed by atoms with Crippen molar-refractivity contribution in [2.24, 2.45) is 5.73 Å². The number of rotatable bonds is 6. The molecule has 0 atom stereocenters. The highest BCUT2D eigenvalue weighted by atomic mass is 31.2. The van der Waals surface area contributed by atoms with E-state index in [0.29, 0.717) is 17.5 Å². The molecule has 0 saturated carbocycles. The van der Waals surface area contributed by atoms with Crippen molar-refractivity contribution in [3.63, 3.8) is 0 Å². The number of hydrogen-bond donors (Lipinski definition) is 1. The van der Waals surface area contributed by atoms with Crippen LogP contribution >= 0.6 is 7.26 Å². The maximum atomic E-state index is 12.0. The molecule has 0 radical (unpaired) electrons. The molecule has 1 heterocycles. The van der Waals surface area contributed by atoms with Crippen LogP contribution in [0.15, 0.2) is 108 Å². The summed E-state index contributed by atoms with van der Waals surface area (Å²) in [5.74, 6) is 0.174. The fraction of sp³-hybridized carbons (Fsp3) is 0.0417. The van der Waals surface area contributed by atoms with Crippen LogP contribution in [0.4, 0.5) is 0 Å². The number of furan rings is 1. The van der Waals surface area contributed by atoms with Crippen molar-refractivity contribution >= 4 is 29.1 Å². The molecule has 1 aromatic heterocycles. The summed E-state index contributed by atoms with van der Waals surface area (Å²) in [4.78, 5) is 12.0. The molecule has 4 aromatic rings. The van der Waals surface area contributed by atoms with Gasteiger partial charge in [-0.3, -0.25) is 4.79 Å². The van der Waals surface area contributed by atoms with Crippen LogP contribution in [0.25, 0.3) is 0 Å². The summed E-state index contributed by atoms with van der Waals surface area (Å²) in [6.45, 7) is 0. The van der Waals surface area contributed by atoms with Crippen molar-refractivity contribution in [2.45, 2.75) is 6.16 Å².